The number of hydrogen-bond acceptors (Lipinski definition) is 2. The number of nitrogens with zero attached hydrogens (tertiary/aromatic N) is 1. The summed E-state index contributed by atoms with van der Waals surface area (Å²) in [6.45, 7) is 7.01. The highest BCUT2D eigenvalue weighted by Crippen LogP contribution is 2.28. The van der Waals surface area contributed by atoms with Gasteiger partial charge in [0.2, 0.25) is 0 Å². The average Bonchev–Trinajstić information content (AvgIpc) is 1.64. The third-order valence-corrected chi connectivity index (χ3v) is 1.68. The molecule has 1 atom stereocenters. The van der Waals surface area contributed by atoms with Crippen LogP contribution in [0.2, 0.25) is 0 Å². The van der Waals surface area contributed by atoms with E-state index in [9.17, 15) is 5.11 Å². The maximum Gasteiger partial charge on any atom is 0.153 e. The Morgan fingerprint density at radius 2 is 1.56 bits per heavy atom. The molecule has 9 heavy (non-hydrogen) atoms. The summed E-state index contributed by atoms with van der Waals surface area (Å²) in [6.07, 6.45) is 0. The van der Waals surface area contributed by atoms with Crippen LogP contribution in [-0.2, 0) is 0 Å². The van der Waals surface area contributed by atoms with Crippen molar-refractivity contribution in [3.05, 3.63) is 0 Å². The standard InChI is InChI=1S/C7H13NO/c1-6(2,3)7(4,9)5-8/h9H,1-4H3. The molecule has 1 N–H and O–H groups in total. The molecule has 0 aromatic carbocycles. The molecule has 0 aliphatic carbocycles. The Bertz CT molecular complexity index is 136. The van der Waals surface area contributed by atoms with Gasteiger partial charge in [-0.05, 0) is 6.92 Å². The second kappa shape index (κ2) is 2.00. The predicted molar refractivity (Wildman–Crippen MR) is 35.7 cm³/mol. The van der Waals surface area contributed by atoms with Crippen molar-refractivity contribution in [1.29, 1.82) is 5.26 Å². The molecule has 0 amide bonds. The second-order valence-corrected chi connectivity index (χ2v) is 3.43. The summed E-state index contributed by atoms with van der Waals surface area (Å²) < 4.78 is 0. The molecule has 0 radical (unpaired) electrons. The highest BCUT2D eigenvalue weighted by atomic mass is 16.3. The zero-order chi connectivity index (χ0) is 7.71. The van der Waals surface area contributed by atoms with Crippen molar-refractivity contribution in [2.75, 3.05) is 0 Å². The molecule has 0 heterocycles. The molecule has 0 bridgehead atoms. The number of aliphatic hydroxyl groups is 1. The summed E-state index contributed by atoms with van der Waals surface area (Å²) in [5, 5.41) is 17.7. The lowest BCUT2D eigenvalue weighted by molar-refractivity contribution is 0.0109. The van der Waals surface area contributed by atoms with Crippen molar-refractivity contribution in [3.63, 3.8) is 0 Å². The van der Waals surface area contributed by atoms with Crippen LogP contribution >= 0.6 is 0 Å². The van der Waals surface area contributed by atoms with Crippen LogP contribution in [0, 0.1) is 16.7 Å². The summed E-state index contributed by atoms with van der Waals surface area (Å²) in [5.74, 6) is 0. The van der Waals surface area contributed by atoms with Gasteiger partial charge in [-0.2, -0.15) is 5.26 Å². The third kappa shape index (κ3) is 1.69. The van der Waals surface area contributed by atoms with Gasteiger partial charge in [0.1, 0.15) is 0 Å². The molecule has 2 nitrogen and oxygen atoms in total. The molecule has 0 aliphatic heterocycles. The molecule has 0 aliphatic rings. The first kappa shape index (κ1) is 8.45. The maximum absolute atomic E-state index is 9.30. The second-order valence-electron chi connectivity index (χ2n) is 3.43. The Labute approximate surface area is 56.1 Å². The minimum Gasteiger partial charge on any atom is -0.375 e. The minimum atomic E-state index is -1.22. The van der Waals surface area contributed by atoms with Crippen LogP contribution in [0.5, 0.6) is 0 Å². The van der Waals surface area contributed by atoms with E-state index in [0.717, 1.165) is 0 Å². The van der Waals surface area contributed by atoms with Crippen LogP contribution in [0.1, 0.15) is 27.7 Å². The number of nitriles is 1. The van der Waals surface area contributed by atoms with Crippen molar-refractivity contribution in [2.45, 2.75) is 33.3 Å². The van der Waals surface area contributed by atoms with Gasteiger partial charge in [-0.25, -0.2) is 0 Å². The lowest BCUT2D eigenvalue weighted by atomic mass is 9.79. The smallest absolute Gasteiger partial charge is 0.153 e. The van der Waals surface area contributed by atoms with Gasteiger partial charge in [0, 0.05) is 5.41 Å². The van der Waals surface area contributed by atoms with E-state index in [4.69, 9.17) is 5.26 Å². The first-order chi connectivity index (χ1) is 3.81. The van der Waals surface area contributed by atoms with Crippen LogP contribution in [0.3, 0.4) is 0 Å². The first-order valence-electron chi connectivity index (χ1n) is 2.95. The monoisotopic (exact) mass is 127 g/mol. The summed E-state index contributed by atoms with van der Waals surface area (Å²) >= 11 is 0. The van der Waals surface area contributed by atoms with E-state index in [2.05, 4.69) is 0 Å². The van der Waals surface area contributed by atoms with E-state index in [0.29, 0.717) is 0 Å². The topological polar surface area (TPSA) is 44.0 Å². The number of rotatable bonds is 0. The van der Waals surface area contributed by atoms with Crippen LogP contribution in [-0.4, -0.2) is 10.7 Å². The van der Waals surface area contributed by atoms with Gasteiger partial charge < -0.3 is 5.11 Å². The van der Waals surface area contributed by atoms with E-state index < -0.39 is 5.60 Å². The van der Waals surface area contributed by atoms with Gasteiger partial charge in [0.25, 0.3) is 0 Å². The molecule has 0 saturated carbocycles. The summed E-state index contributed by atoms with van der Waals surface area (Å²) in [7, 11) is 0. The fraction of sp³-hybridized carbons (Fsp3) is 0.857. The highest BCUT2D eigenvalue weighted by molar-refractivity contribution is 5.03. The molecule has 1 unspecified atom stereocenters. The third-order valence-electron chi connectivity index (χ3n) is 1.68. The summed E-state index contributed by atoms with van der Waals surface area (Å²) in [5.41, 5.74) is -1.57. The van der Waals surface area contributed by atoms with Gasteiger partial charge in [-0.15, -0.1) is 0 Å². The molecule has 0 aromatic rings. The zero-order valence-corrected chi connectivity index (χ0v) is 6.39. The van der Waals surface area contributed by atoms with Crippen molar-refractivity contribution in [1.82, 2.24) is 0 Å². The van der Waals surface area contributed by atoms with Gasteiger partial charge >= 0.3 is 0 Å². The molecular weight excluding hydrogens is 114 g/mol. The molecule has 0 rings (SSSR count). The lowest BCUT2D eigenvalue weighted by Crippen LogP contribution is -2.37. The largest absolute Gasteiger partial charge is 0.375 e. The Morgan fingerprint density at radius 3 is 1.56 bits per heavy atom. The molecule has 0 spiro atoms. The zero-order valence-electron chi connectivity index (χ0n) is 6.39. The molecular formula is C7H13NO. The van der Waals surface area contributed by atoms with Crippen LogP contribution in [0.25, 0.3) is 0 Å². The molecule has 0 fully saturated rings. The van der Waals surface area contributed by atoms with Crippen molar-refractivity contribution < 1.29 is 5.11 Å². The van der Waals surface area contributed by atoms with E-state index in [1.807, 2.05) is 26.8 Å². The quantitative estimate of drug-likeness (QED) is 0.498. The van der Waals surface area contributed by atoms with Crippen molar-refractivity contribution >= 4 is 0 Å². The highest BCUT2D eigenvalue weighted by Gasteiger charge is 2.34. The van der Waals surface area contributed by atoms with E-state index in [1.54, 1.807) is 0 Å². The Hall–Kier alpha value is -0.550. The van der Waals surface area contributed by atoms with Crippen molar-refractivity contribution in [3.8, 4) is 6.07 Å². The molecule has 52 valence electrons. The Balaban J connectivity index is 4.39. The fourth-order valence-electron chi connectivity index (χ4n) is 0.168. The molecule has 2 heteroatoms. The summed E-state index contributed by atoms with van der Waals surface area (Å²) in [4.78, 5) is 0. The Morgan fingerprint density at radius 1 is 1.22 bits per heavy atom. The first-order valence-corrected chi connectivity index (χ1v) is 2.95. The Kier molecular flexibility index (Phi) is 1.88. The minimum absolute atomic E-state index is 0.359. The van der Waals surface area contributed by atoms with Crippen LogP contribution < -0.4 is 0 Å². The van der Waals surface area contributed by atoms with Gasteiger partial charge in [0.15, 0.2) is 5.60 Å². The van der Waals surface area contributed by atoms with Crippen LogP contribution in [0.15, 0.2) is 0 Å². The van der Waals surface area contributed by atoms with Crippen LogP contribution in [0.4, 0.5) is 0 Å². The molecule has 0 aromatic heterocycles. The lowest BCUT2D eigenvalue weighted by Gasteiger charge is -2.29. The average molecular weight is 127 g/mol. The van der Waals surface area contributed by atoms with Crippen molar-refractivity contribution in [2.24, 2.45) is 5.41 Å². The van der Waals surface area contributed by atoms with Gasteiger partial charge in [-0.1, -0.05) is 20.8 Å². The SMILES string of the molecule is CC(C)(C)C(C)(O)C#N. The fourth-order valence-corrected chi connectivity index (χ4v) is 0.168. The number of hydrogen-bond donors (Lipinski definition) is 1. The van der Waals surface area contributed by atoms with Gasteiger partial charge in [-0.3, -0.25) is 0 Å². The van der Waals surface area contributed by atoms with E-state index >= 15 is 0 Å². The maximum atomic E-state index is 9.30. The van der Waals surface area contributed by atoms with Gasteiger partial charge in [0.05, 0.1) is 6.07 Å². The normalized spacial score (nSPS) is 18.2. The van der Waals surface area contributed by atoms with E-state index in [-0.39, 0.29) is 5.41 Å². The molecule has 0 saturated heterocycles. The summed E-state index contributed by atoms with van der Waals surface area (Å²) in [6, 6.07) is 1.84. The predicted octanol–water partition coefficient (Wildman–Crippen LogP) is 1.31. The van der Waals surface area contributed by atoms with E-state index in [1.165, 1.54) is 6.92 Å².